The third kappa shape index (κ3) is 3.54. The first kappa shape index (κ1) is 13.5. The molecular weight excluding hydrogens is 270 g/mol. The van der Waals surface area contributed by atoms with Crippen molar-refractivity contribution in [1.82, 2.24) is 5.32 Å². The van der Waals surface area contributed by atoms with Crippen molar-refractivity contribution in [3.63, 3.8) is 0 Å². The molecule has 0 radical (unpaired) electrons. The molecule has 2 rings (SSSR count). The van der Waals surface area contributed by atoms with Crippen molar-refractivity contribution in [2.24, 2.45) is 0 Å². The summed E-state index contributed by atoms with van der Waals surface area (Å²) in [7, 11) is 0. The Labute approximate surface area is 114 Å². The van der Waals surface area contributed by atoms with Gasteiger partial charge in [-0.25, -0.2) is 4.79 Å². The largest absolute Gasteiger partial charge is 0.456 e. The Hall–Kier alpha value is -1.88. The third-order valence-corrected chi connectivity index (χ3v) is 3.04. The lowest BCUT2D eigenvalue weighted by Crippen LogP contribution is -2.35. The number of hydrogen-bond acceptors (Lipinski definition) is 4. The summed E-state index contributed by atoms with van der Waals surface area (Å²) in [6.45, 7) is -0.340. The lowest BCUT2D eigenvalue weighted by atomic mass is 10.1. The van der Waals surface area contributed by atoms with E-state index < -0.39 is 12.0 Å². The summed E-state index contributed by atoms with van der Waals surface area (Å²) >= 11 is 5.71. The van der Waals surface area contributed by atoms with Gasteiger partial charge in [-0.2, -0.15) is 0 Å². The van der Waals surface area contributed by atoms with Gasteiger partial charge in [0.15, 0.2) is 12.4 Å². The van der Waals surface area contributed by atoms with Gasteiger partial charge in [-0.15, -0.1) is 0 Å². The Morgan fingerprint density at radius 3 is 2.58 bits per heavy atom. The summed E-state index contributed by atoms with van der Waals surface area (Å²) in [5, 5.41) is 3.01. The summed E-state index contributed by atoms with van der Waals surface area (Å²) < 4.78 is 4.88. The summed E-state index contributed by atoms with van der Waals surface area (Å²) in [5.74, 6) is -1.06. The summed E-state index contributed by atoms with van der Waals surface area (Å²) in [6, 6.07) is 5.68. The molecule has 0 aliphatic carbocycles. The molecule has 1 heterocycles. The number of carbonyl (C=O) groups is 3. The zero-order valence-electron chi connectivity index (χ0n) is 10.0. The zero-order chi connectivity index (χ0) is 13.8. The highest BCUT2D eigenvalue weighted by molar-refractivity contribution is 6.30. The first-order valence-corrected chi connectivity index (χ1v) is 6.19. The predicted octanol–water partition coefficient (Wildman–Crippen LogP) is 1.34. The fourth-order valence-corrected chi connectivity index (χ4v) is 1.87. The van der Waals surface area contributed by atoms with E-state index in [1.54, 1.807) is 24.3 Å². The molecule has 1 saturated heterocycles. The quantitative estimate of drug-likeness (QED) is 0.668. The van der Waals surface area contributed by atoms with Gasteiger partial charge in [0.25, 0.3) is 0 Å². The van der Waals surface area contributed by atoms with Gasteiger partial charge in [0.1, 0.15) is 6.04 Å². The van der Waals surface area contributed by atoms with Crippen molar-refractivity contribution in [1.29, 1.82) is 0 Å². The maximum atomic E-state index is 11.7. The van der Waals surface area contributed by atoms with Crippen molar-refractivity contribution in [2.45, 2.75) is 18.9 Å². The van der Waals surface area contributed by atoms with Crippen LogP contribution >= 0.6 is 11.6 Å². The van der Waals surface area contributed by atoms with Crippen LogP contribution in [0.4, 0.5) is 0 Å². The van der Waals surface area contributed by atoms with Crippen LogP contribution in [0.25, 0.3) is 0 Å². The van der Waals surface area contributed by atoms with Crippen molar-refractivity contribution in [3.05, 3.63) is 34.9 Å². The third-order valence-electron chi connectivity index (χ3n) is 2.79. The van der Waals surface area contributed by atoms with Crippen molar-refractivity contribution in [2.75, 3.05) is 6.61 Å². The first-order valence-electron chi connectivity index (χ1n) is 5.81. The maximum Gasteiger partial charge on any atom is 0.329 e. The second-order valence-electron chi connectivity index (χ2n) is 4.20. The standard InChI is InChI=1S/C13H12ClNO4/c14-9-3-1-8(2-4-9)11(16)7-19-13(18)10-5-6-12(17)15-10/h1-4,10H,5-7H2,(H,15,17)/t10-/m0/s1. The van der Waals surface area contributed by atoms with Gasteiger partial charge in [-0.3, -0.25) is 9.59 Å². The van der Waals surface area contributed by atoms with Crippen LogP contribution in [0.5, 0.6) is 0 Å². The van der Waals surface area contributed by atoms with Crippen LogP contribution < -0.4 is 5.32 Å². The molecule has 1 aliphatic heterocycles. The molecule has 0 saturated carbocycles. The molecule has 19 heavy (non-hydrogen) atoms. The zero-order valence-corrected chi connectivity index (χ0v) is 10.8. The number of esters is 1. The molecule has 0 spiro atoms. The van der Waals surface area contributed by atoms with Crippen LogP contribution in [0.15, 0.2) is 24.3 Å². The number of nitrogens with one attached hydrogen (secondary N) is 1. The molecule has 1 atom stereocenters. The minimum atomic E-state index is -0.634. The van der Waals surface area contributed by atoms with E-state index in [4.69, 9.17) is 16.3 Å². The molecule has 0 bridgehead atoms. The Morgan fingerprint density at radius 1 is 1.32 bits per heavy atom. The number of ether oxygens (including phenoxy) is 1. The number of carbonyl (C=O) groups excluding carboxylic acids is 3. The summed E-state index contributed by atoms with van der Waals surface area (Å²) in [4.78, 5) is 34.3. The SMILES string of the molecule is O=C1CC[C@@H](C(=O)OCC(=O)c2ccc(Cl)cc2)N1. The number of hydrogen-bond donors (Lipinski definition) is 1. The molecule has 1 N–H and O–H groups in total. The Kier molecular flexibility index (Phi) is 4.16. The molecule has 6 heteroatoms. The number of rotatable bonds is 4. The molecule has 5 nitrogen and oxygen atoms in total. The maximum absolute atomic E-state index is 11.7. The second-order valence-corrected chi connectivity index (χ2v) is 4.63. The minimum absolute atomic E-state index is 0.175. The topological polar surface area (TPSA) is 72.5 Å². The number of ketones is 1. The van der Waals surface area contributed by atoms with Gasteiger partial charge in [0, 0.05) is 17.0 Å². The molecule has 0 aromatic heterocycles. The van der Waals surface area contributed by atoms with Crippen LogP contribution in [0, 0.1) is 0 Å². The van der Waals surface area contributed by atoms with Crippen LogP contribution in [-0.4, -0.2) is 30.3 Å². The highest BCUT2D eigenvalue weighted by Gasteiger charge is 2.28. The normalized spacial score (nSPS) is 17.9. The average molecular weight is 282 g/mol. The van der Waals surface area contributed by atoms with Crippen LogP contribution in [-0.2, 0) is 14.3 Å². The number of halogens is 1. The minimum Gasteiger partial charge on any atom is -0.456 e. The molecule has 1 aliphatic rings. The number of amides is 1. The average Bonchev–Trinajstić information content (AvgIpc) is 2.83. The molecule has 0 unspecified atom stereocenters. The molecule has 1 aromatic carbocycles. The Balaban J connectivity index is 1.85. The molecule has 1 aromatic rings. The second kappa shape index (κ2) is 5.84. The van der Waals surface area contributed by atoms with E-state index in [2.05, 4.69) is 5.32 Å². The van der Waals surface area contributed by atoms with E-state index in [0.29, 0.717) is 23.4 Å². The molecule has 1 amide bonds. The first-order chi connectivity index (χ1) is 9.06. The van der Waals surface area contributed by atoms with Gasteiger partial charge < -0.3 is 10.1 Å². The number of Topliss-reactive ketones (excluding diaryl/α,β-unsaturated/α-hetero) is 1. The highest BCUT2D eigenvalue weighted by Crippen LogP contribution is 2.11. The lowest BCUT2D eigenvalue weighted by molar-refractivity contribution is -0.145. The van der Waals surface area contributed by atoms with E-state index >= 15 is 0 Å². The van der Waals surface area contributed by atoms with Gasteiger partial charge in [-0.05, 0) is 30.7 Å². The van der Waals surface area contributed by atoms with Gasteiger partial charge in [0.2, 0.25) is 5.91 Å². The van der Waals surface area contributed by atoms with E-state index in [1.807, 2.05) is 0 Å². The fraction of sp³-hybridized carbons (Fsp3) is 0.308. The Bertz CT molecular complexity index is 512. The molecule has 100 valence electrons. The number of benzene rings is 1. The van der Waals surface area contributed by atoms with Gasteiger partial charge in [0.05, 0.1) is 0 Å². The van der Waals surface area contributed by atoms with Crippen molar-refractivity contribution in [3.8, 4) is 0 Å². The highest BCUT2D eigenvalue weighted by atomic mass is 35.5. The van der Waals surface area contributed by atoms with Crippen LogP contribution in [0.1, 0.15) is 23.2 Å². The smallest absolute Gasteiger partial charge is 0.329 e. The monoisotopic (exact) mass is 281 g/mol. The summed E-state index contributed by atoms with van der Waals surface area (Å²) in [6.07, 6.45) is 0.720. The lowest BCUT2D eigenvalue weighted by Gasteiger charge is -2.09. The van der Waals surface area contributed by atoms with Crippen molar-refractivity contribution < 1.29 is 19.1 Å². The van der Waals surface area contributed by atoms with Gasteiger partial charge in [-0.1, -0.05) is 11.6 Å². The van der Waals surface area contributed by atoms with E-state index in [0.717, 1.165) is 0 Å². The summed E-state index contributed by atoms with van der Waals surface area (Å²) in [5.41, 5.74) is 0.424. The van der Waals surface area contributed by atoms with E-state index in [-0.39, 0.29) is 18.3 Å². The van der Waals surface area contributed by atoms with Crippen LogP contribution in [0.2, 0.25) is 5.02 Å². The van der Waals surface area contributed by atoms with Crippen LogP contribution in [0.3, 0.4) is 0 Å². The molecule has 1 fully saturated rings. The van der Waals surface area contributed by atoms with E-state index in [9.17, 15) is 14.4 Å². The van der Waals surface area contributed by atoms with Crippen molar-refractivity contribution >= 4 is 29.3 Å². The fourth-order valence-electron chi connectivity index (χ4n) is 1.75. The Morgan fingerprint density at radius 2 is 2.00 bits per heavy atom. The van der Waals surface area contributed by atoms with Gasteiger partial charge >= 0.3 is 5.97 Å². The van der Waals surface area contributed by atoms with E-state index in [1.165, 1.54) is 0 Å². The predicted molar refractivity (Wildman–Crippen MR) is 67.9 cm³/mol. The molecular formula is C13H12ClNO4.